The predicted octanol–water partition coefficient (Wildman–Crippen LogP) is 2.06. The van der Waals surface area contributed by atoms with E-state index in [-0.39, 0.29) is 5.60 Å². The van der Waals surface area contributed by atoms with Crippen molar-refractivity contribution in [1.82, 2.24) is 15.0 Å². The maximum atomic E-state index is 12.8. The molecule has 0 radical (unpaired) electrons. The number of likely N-dealkylation sites (tertiary alicyclic amines) is 1. The van der Waals surface area contributed by atoms with Crippen molar-refractivity contribution in [2.24, 2.45) is 11.3 Å². The summed E-state index contributed by atoms with van der Waals surface area (Å²) in [6, 6.07) is 1.92. The molecule has 4 aliphatic rings. The van der Waals surface area contributed by atoms with Crippen LogP contribution in [0.5, 0.6) is 0 Å². The fraction of sp³-hybridized carbons (Fsp3) is 0.789. The van der Waals surface area contributed by atoms with Crippen LogP contribution in [0.2, 0.25) is 0 Å². The van der Waals surface area contributed by atoms with Crippen molar-refractivity contribution >= 4 is 5.91 Å². The molecule has 1 aromatic rings. The Morgan fingerprint density at radius 2 is 2.00 bits per heavy atom. The van der Waals surface area contributed by atoms with E-state index < -0.39 is 0 Å². The van der Waals surface area contributed by atoms with Gasteiger partial charge < -0.3 is 14.2 Å². The zero-order valence-corrected chi connectivity index (χ0v) is 14.8. The lowest BCUT2D eigenvalue weighted by molar-refractivity contribution is -0.166. The van der Waals surface area contributed by atoms with Gasteiger partial charge in [0.25, 0.3) is 0 Å². The molecule has 2 aliphatic heterocycles. The lowest BCUT2D eigenvalue weighted by Gasteiger charge is -2.48. The minimum Gasteiger partial charge on any atom is -0.371 e. The van der Waals surface area contributed by atoms with E-state index in [1.807, 2.05) is 6.07 Å². The third-order valence-corrected chi connectivity index (χ3v) is 6.87. The molecule has 1 aromatic heterocycles. The highest BCUT2D eigenvalue weighted by Crippen LogP contribution is 2.63. The topological polar surface area (TPSA) is 58.8 Å². The molecule has 0 atom stereocenters. The van der Waals surface area contributed by atoms with Gasteiger partial charge in [-0.05, 0) is 43.9 Å². The fourth-order valence-corrected chi connectivity index (χ4v) is 5.01. The number of carbonyl (C=O) groups is 1. The van der Waals surface area contributed by atoms with Crippen LogP contribution >= 0.6 is 0 Å². The molecule has 1 amide bonds. The van der Waals surface area contributed by atoms with Crippen molar-refractivity contribution in [3.8, 4) is 0 Å². The van der Waals surface area contributed by atoms with E-state index in [0.29, 0.717) is 23.8 Å². The van der Waals surface area contributed by atoms with Gasteiger partial charge in [-0.15, -0.1) is 0 Å². The lowest BCUT2D eigenvalue weighted by Crippen LogP contribution is -2.59. The third kappa shape index (κ3) is 2.99. The smallest absolute Gasteiger partial charge is 0.225 e. The van der Waals surface area contributed by atoms with E-state index in [9.17, 15) is 4.79 Å². The molecule has 2 aliphatic carbocycles. The summed E-state index contributed by atoms with van der Waals surface area (Å²) < 4.78 is 11.1. The van der Waals surface area contributed by atoms with Gasteiger partial charge in [0.15, 0.2) is 0 Å². The molecule has 0 bridgehead atoms. The van der Waals surface area contributed by atoms with Gasteiger partial charge in [0, 0.05) is 44.7 Å². The Morgan fingerprint density at radius 1 is 1.20 bits per heavy atom. The highest BCUT2D eigenvalue weighted by Gasteiger charge is 2.56. The van der Waals surface area contributed by atoms with E-state index in [1.54, 1.807) is 6.26 Å². The molecule has 136 valence electrons. The Hall–Kier alpha value is -1.40. The Morgan fingerprint density at radius 3 is 2.68 bits per heavy atom. The molecular weight excluding hydrogens is 318 g/mol. The number of rotatable bonds is 3. The molecule has 2 saturated heterocycles. The maximum Gasteiger partial charge on any atom is 0.225 e. The number of hydrogen-bond donors (Lipinski definition) is 0. The van der Waals surface area contributed by atoms with Gasteiger partial charge in [-0.2, -0.15) is 0 Å². The summed E-state index contributed by atoms with van der Waals surface area (Å²) in [6.07, 6.45) is 8.59. The number of hydrogen-bond acceptors (Lipinski definition) is 5. The zero-order valence-electron chi connectivity index (χ0n) is 14.8. The second-order valence-corrected chi connectivity index (χ2v) is 8.66. The van der Waals surface area contributed by atoms with E-state index >= 15 is 0 Å². The van der Waals surface area contributed by atoms with Crippen LogP contribution in [-0.2, 0) is 16.1 Å². The van der Waals surface area contributed by atoms with Gasteiger partial charge >= 0.3 is 0 Å². The minimum absolute atomic E-state index is 0.130. The monoisotopic (exact) mass is 345 g/mol. The Bertz CT molecular complexity index is 624. The summed E-state index contributed by atoms with van der Waals surface area (Å²) >= 11 is 0. The van der Waals surface area contributed by atoms with Gasteiger partial charge in [0.05, 0.1) is 17.9 Å². The molecule has 5 rings (SSSR count). The first-order valence-electron chi connectivity index (χ1n) is 9.70. The molecule has 2 saturated carbocycles. The Balaban J connectivity index is 1.16. The van der Waals surface area contributed by atoms with Crippen LogP contribution in [0.3, 0.4) is 0 Å². The average Bonchev–Trinajstić information content (AvgIpc) is 3.25. The molecular formula is C19H27N3O3. The van der Waals surface area contributed by atoms with Crippen molar-refractivity contribution in [2.45, 2.75) is 50.7 Å². The third-order valence-electron chi connectivity index (χ3n) is 6.87. The number of morpholine rings is 1. The van der Waals surface area contributed by atoms with Crippen molar-refractivity contribution in [2.75, 3.05) is 32.8 Å². The molecule has 25 heavy (non-hydrogen) atoms. The maximum absolute atomic E-state index is 12.8. The van der Waals surface area contributed by atoms with Crippen molar-refractivity contribution in [1.29, 1.82) is 0 Å². The van der Waals surface area contributed by atoms with Crippen LogP contribution in [0.1, 0.15) is 44.2 Å². The number of piperidine rings is 1. The normalized spacial score (nSPS) is 28.2. The first kappa shape index (κ1) is 15.8. The second-order valence-electron chi connectivity index (χ2n) is 8.66. The standard InChI is InChI=1S/C19H27N3O3/c23-17(15-11-18(12-15)2-3-18)22-8-10-24-19(14-22)4-6-21(7-5-19)13-16-1-9-25-20-16/h1,9,15H,2-8,10-14H2. The number of ether oxygens (including phenoxy) is 1. The predicted molar refractivity (Wildman–Crippen MR) is 90.7 cm³/mol. The van der Waals surface area contributed by atoms with E-state index in [0.717, 1.165) is 64.1 Å². The summed E-state index contributed by atoms with van der Waals surface area (Å²) in [6.45, 7) is 5.05. The highest BCUT2D eigenvalue weighted by molar-refractivity contribution is 5.80. The molecule has 6 nitrogen and oxygen atoms in total. The number of amides is 1. The molecule has 0 N–H and O–H groups in total. The summed E-state index contributed by atoms with van der Waals surface area (Å²) in [5.41, 5.74) is 1.45. The first-order valence-corrected chi connectivity index (χ1v) is 9.70. The number of nitrogens with zero attached hydrogens (tertiary/aromatic N) is 3. The lowest BCUT2D eigenvalue weighted by atomic mass is 9.71. The molecule has 0 unspecified atom stereocenters. The average molecular weight is 345 g/mol. The van der Waals surface area contributed by atoms with Crippen LogP contribution in [0.25, 0.3) is 0 Å². The van der Waals surface area contributed by atoms with Gasteiger partial charge in [0.2, 0.25) is 5.91 Å². The summed E-state index contributed by atoms with van der Waals surface area (Å²) in [5, 5.41) is 4.00. The summed E-state index contributed by atoms with van der Waals surface area (Å²) in [5.74, 6) is 0.690. The summed E-state index contributed by atoms with van der Waals surface area (Å²) in [7, 11) is 0. The minimum atomic E-state index is -0.130. The largest absolute Gasteiger partial charge is 0.371 e. The van der Waals surface area contributed by atoms with Gasteiger partial charge in [-0.1, -0.05) is 5.16 Å². The molecule has 6 heteroatoms. The zero-order chi connectivity index (χ0) is 16.9. The van der Waals surface area contributed by atoms with Crippen LogP contribution < -0.4 is 0 Å². The second kappa shape index (κ2) is 5.81. The fourth-order valence-electron chi connectivity index (χ4n) is 5.01. The van der Waals surface area contributed by atoms with Crippen molar-refractivity contribution in [3.05, 3.63) is 18.0 Å². The highest BCUT2D eigenvalue weighted by atomic mass is 16.5. The van der Waals surface area contributed by atoms with Crippen molar-refractivity contribution in [3.63, 3.8) is 0 Å². The quantitative estimate of drug-likeness (QED) is 0.839. The van der Waals surface area contributed by atoms with Gasteiger partial charge in [-0.25, -0.2) is 0 Å². The van der Waals surface area contributed by atoms with Crippen LogP contribution in [-0.4, -0.2) is 59.3 Å². The van der Waals surface area contributed by atoms with E-state index in [4.69, 9.17) is 9.26 Å². The van der Waals surface area contributed by atoms with Crippen LogP contribution in [0.4, 0.5) is 0 Å². The molecule has 2 spiro atoms. The Kier molecular flexibility index (Phi) is 3.68. The van der Waals surface area contributed by atoms with E-state index in [2.05, 4.69) is 15.0 Å². The molecule has 3 heterocycles. The molecule has 4 fully saturated rings. The summed E-state index contributed by atoms with van der Waals surface area (Å²) in [4.78, 5) is 17.3. The van der Waals surface area contributed by atoms with Crippen LogP contribution in [0.15, 0.2) is 16.9 Å². The molecule has 0 aromatic carbocycles. The first-order chi connectivity index (χ1) is 12.2. The number of aromatic nitrogens is 1. The van der Waals surface area contributed by atoms with Crippen molar-refractivity contribution < 1.29 is 14.1 Å². The SMILES string of the molecule is O=C(C1CC2(CC2)C1)N1CCOC2(CCN(Cc3ccon3)CC2)C1. The van der Waals surface area contributed by atoms with Crippen LogP contribution in [0, 0.1) is 11.3 Å². The van der Waals surface area contributed by atoms with E-state index in [1.165, 1.54) is 12.8 Å². The van der Waals surface area contributed by atoms with Gasteiger partial charge in [0.1, 0.15) is 6.26 Å². The number of carbonyl (C=O) groups excluding carboxylic acids is 1. The Labute approximate surface area is 148 Å². The van der Waals surface area contributed by atoms with Gasteiger partial charge in [-0.3, -0.25) is 9.69 Å².